The highest BCUT2D eigenvalue weighted by molar-refractivity contribution is 9.10. The van der Waals surface area contributed by atoms with Gasteiger partial charge >= 0.3 is 0 Å². The van der Waals surface area contributed by atoms with Crippen LogP contribution in [-0.4, -0.2) is 0 Å². The molecule has 0 aliphatic heterocycles. The zero-order valence-electron chi connectivity index (χ0n) is 9.39. The fourth-order valence-corrected chi connectivity index (χ4v) is 2.72. The van der Waals surface area contributed by atoms with E-state index in [-0.39, 0.29) is 15.8 Å². The maximum atomic E-state index is 13.7. The van der Waals surface area contributed by atoms with Crippen molar-refractivity contribution in [2.45, 2.75) is 10.6 Å². The van der Waals surface area contributed by atoms with Crippen LogP contribution in [0.4, 0.5) is 17.6 Å². The van der Waals surface area contributed by atoms with E-state index in [0.29, 0.717) is 4.90 Å². The average molecular weight is 351 g/mol. The molecule has 0 radical (unpaired) electrons. The summed E-state index contributed by atoms with van der Waals surface area (Å²) in [5.41, 5.74) is -0.107. The van der Waals surface area contributed by atoms with Gasteiger partial charge < -0.3 is 0 Å². The Kier molecular flexibility index (Phi) is 4.52. The van der Waals surface area contributed by atoms with Gasteiger partial charge in [-0.1, -0.05) is 0 Å². The van der Waals surface area contributed by atoms with Crippen LogP contribution >= 0.6 is 27.7 Å². The van der Waals surface area contributed by atoms with E-state index in [2.05, 4.69) is 15.9 Å². The molecule has 2 aromatic carbocycles. The summed E-state index contributed by atoms with van der Waals surface area (Å²) in [4.78, 5) is 0.401. The monoisotopic (exact) mass is 350 g/mol. The molecule has 2 rings (SSSR count). The topological polar surface area (TPSA) is 0 Å². The molecule has 0 heterocycles. The second-order valence-electron chi connectivity index (χ2n) is 3.69. The Balaban J connectivity index is 2.19. The SMILES string of the molecule is Fc1ccc(SCc2c(F)ccc(Br)c2F)cc1F. The molecule has 6 heteroatoms. The summed E-state index contributed by atoms with van der Waals surface area (Å²) in [6, 6.07) is 5.75. The first-order chi connectivity index (χ1) is 8.99. The van der Waals surface area contributed by atoms with Crippen LogP contribution in [-0.2, 0) is 5.75 Å². The molecule has 0 atom stereocenters. The van der Waals surface area contributed by atoms with E-state index < -0.39 is 23.3 Å². The summed E-state index contributed by atoms with van der Waals surface area (Å²) < 4.78 is 53.0. The molecule has 0 spiro atoms. The summed E-state index contributed by atoms with van der Waals surface area (Å²) in [6.07, 6.45) is 0. The quantitative estimate of drug-likeness (QED) is 0.411. The van der Waals surface area contributed by atoms with E-state index >= 15 is 0 Å². The minimum Gasteiger partial charge on any atom is -0.207 e. The molecule has 19 heavy (non-hydrogen) atoms. The molecule has 2 aromatic rings. The van der Waals surface area contributed by atoms with Gasteiger partial charge in [0.15, 0.2) is 11.6 Å². The molecular formula is C13H7BrF4S. The molecule has 0 saturated carbocycles. The van der Waals surface area contributed by atoms with E-state index in [1.807, 2.05) is 0 Å². The molecule has 0 aliphatic rings. The van der Waals surface area contributed by atoms with Crippen molar-refractivity contribution in [3.8, 4) is 0 Å². The van der Waals surface area contributed by atoms with Crippen LogP contribution in [0, 0.1) is 23.3 Å². The van der Waals surface area contributed by atoms with Gasteiger partial charge in [0.2, 0.25) is 0 Å². The van der Waals surface area contributed by atoms with Gasteiger partial charge in [0.25, 0.3) is 0 Å². The van der Waals surface area contributed by atoms with E-state index in [9.17, 15) is 17.6 Å². The van der Waals surface area contributed by atoms with Gasteiger partial charge in [-0.2, -0.15) is 0 Å². The van der Waals surface area contributed by atoms with Gasteiger partial charge in [0, 0.05) is 16.2 Å². The Morgan fingerprint density at radius 3 is 2.26 bits per heavy atom. The van der Waals surface area contributed by atoms with Gasteiger partial charge in [-0.05, 0) is 46.3 Å². The number of benzene rings is 2. The summed E-state index contributed by atoms with van der Waals surface area (Å²) in [5.74, 6) is -3.31. The summed E-state index contributed by atoms with van der Waals surface area (Å²) >= 11 is 3.99. The third kappa shape index (κ3) is 3.30. The van der Waals surface area contributed by atoms with Crippen molar-refractivity contribution >= 4 is 27.7 Å². The molecule has 0 amide bonds. The first-order valence-corrected chi connectivity index (χ1v) is 6.97. The molecule has 0 N–H and O–H groups in total. The van der Waals surface area contributed by atoms with Gasteiger partial charge in [-0.25, -0.2) is 17.6 Å². The summed E-state index contributed by atoms with van der Waals surface area (Å²) in [6.45, 7) is 0. The predicted octanol–water partition coefficient (Wildman–Crippen LogP) is 5.30. The number of halogens is 5. The van der Waals surface area contributed by atoms with E-state index in [4.69, 9.17) is 0 Å². The highest BCUT2D eigenvalue weighted by Crippen LogP contribution is 2.29. The fraction of sp³-hybridized carbons (Fsp3) is 0.0769. The highest BCUT2D eigenvalue weighted by atomic mass is 79.9. The van der Waals surface area contributed by atoms with Gasteiger partial charge in [-0.3, -0.25) is 0 Å². The van der Waals surface area contributed by atoms with Crippen LogP contribution in [0.2, 0.25) is 0 Å². The van der Waals surface area contributed by atoms with Crippen molar-refractivity contribution in [2.75, 3.05) is 0 Å². The molecule has 0 aromatic heterocycles. The Bertz CT molecular complexity index is 616. The Morgan fingerprint density at radius 1 is 0.895 bits per heavy atom. The Morgan fingerprint density at radius 2 is 1.58 bits per heavy atom. The van der Waals surface area contributed by atoms with Crippen molar-refractivity contribution in [2.24, 2.45) is 0 Å². The minimum atomic E-state index is -0.986. The van der Waals surface area contributed by atoms with Crippen LogP contribution in [0.1, 0.15) is 5.56 Å². The van der Waals surface area contributed by atoms with Crippen molar-refractivity contribution in [1.82, 2.24) is 0 Å². The predicted molar refractivity (Wildman–Crippen MR) is 70.0 cm³/mol. The van der Waals surface area contributed by atoms with Gasteiger partial charge in [0.1, 0.15) is 11.6 Å². The van der Waals surface area contributed by atoms with Crippen molar-refractivity contribution in [3.05, 3.63) is 63.6 Å². The van der Waals surface area contributed by atoms with Crippen LogP contribution < -0.4 is 0 Å². The Hall–Kier alpha value is -1.01. The second kappa shape index (κ2) is 5.96. The molecule has 0 fully saturated rings. The lowest BCUT2D eigenvalue weighted by molar-refractivity contribution is 0.506. The third-order valence-corrected chi connectivity index (χ3v) is 4.05. The van der Waals surface area contributed by atoms with Crippen molar-refractivity contribution in [1.29, 1.82) is 0 Å². The summed E-state index contributed by atoms with van der Waals surface area (Å²) in [7, 11) is 0. The summed E-state index contributed by atoms with van der Waals surface area (Å²) in [5, 5.41) is 0. The maximum Gasteiger partial charge on any atom is 0.159 e. The lowest BCUT2D eigenvalue weighted by atomic mass is 10.2. The molecule has 0 aliphatic carbocycles. The van der Waals surface area contributed by atoms with Crippen LogP contribution in [0.25, 0.3) is 0 Å². The molecule has 0 saturated heterocycles. The first kappa shape index (κ1) is 14.4. The number of thioether (sulfide) groups is 1. The highest BCUT2D eigenvalue weighted by Gasteiger charge is 2.13. The van der Waals surface area contributed by atoms with E-state index in [1.165, 1.54) is 12.1 Å². The van der Waals surface area contributed by atoms with E-state index in [1.54, 1.807) is 0 Å². The standard InChI is InChI=1S/C13H7BrF4S/c14-9-2-4-10(15)8(13(9)18)6-19-7-1-3-11(16)12(17)5-7/h1-5H,6H2. The Labute approximate surface area is 120 Å². The normalized spacial score (nSPS) is 10.8. The second-order valence-corrected chi connectivity index (χ2v) is 5.59. The third-order valence-electron chi connectivity index (χ3n) is 2.41. The lowest BCUT2D eigenvalue weighted by Crippen LogP contribution is -1.95. The van der Waals surface area contributed by atoms with Crippen molar-refractivity contribution in [3.63, 3.8) is 0 Å². The van der Waals surface area contributed by atoms with Crippen LogP contribution in [0.3, 0.4) is 0 Å². The van der Waals surface area contributed by atoms with Crippen molar-refractivity contribution < 1.29 is 17.6 Å². The smallest absolute Gasteiger partial charge is 0.159 e. The van der Waals surface area contributed by atoms with Crippen LogP contribution in [0.5, 0.6) is 0 Å². The lowest BCUT2D eigenvalue weighted by Gasteiger charge is -2.06. The zero-order chi connectivity index (χ0) is 14.0. The number of hydrogen-bond donors (Lipinski definition) is 0. The minimum absolute atomic E-state index is 0.0117. The molecule has 0 bridgehead atoms. The van der Waals surface area contributed by atoms with Gasteiger partial charge in [0.05, 0.1) is 4.47 Å². The van der Waals surface area contributed by atoms with E-state index in [0.717, 1.165) is 30.0 Å². The van der Waals surface area contributed by atoms with Gasteiger partial charge in [-0.15, -0.1) is 11.8 Å². The number of hydrogen-bond acceptors (Lipinski definition) is 1. The van der Waals surface area contributed by atoms with Crippen LogP contribution in [0.15, 0.2) is 39.7 Å². The first-order valence-electron chi connectivity index (χ1n) is 5.19. The average Bonchev–Trinajstić information content (AvgIpc) is 2.38. The molecule has 0 nitrogen and oxygen atoms in total. The maximum absolute atomic E-state index is 13.7. The fourth-order valence-electron chi connectivity index (χ4n) is 1.42. The molecular weight excluding hydrogens is 344 g/mol. The molecule has 100 valence electrons. The zero-order valence-corrected chi connectivity index (χ0v) is 11.8. The molecule has 0 unspecified atom stereocenters. The largest absolute Gasteiger partial charge is 0.207 e. The number of rotatable bonds is 3.